The van der Waals surface area contributed by atoms with Crippen molar-refractivity contribution in [2.24, 2.45) is 17.8 Å². The van der Waals surface area contributed by atoms with E-state index in [4.69, 9.17) is 4.74 Å². The number of rotatable bonds is 13. The van der Waals surface area contributed by atoms with E-state index in [-0.39, 0.29) is 11.5 Å². The maximum atomic E-state index is 13.2. The third-order valence-electron chi connectivity index (χ3n) is 7.74. The van der Waals surface area contributed by atoms with Crippen LogP contribution >= 0.6 is 0 Å². The average Bonchev–Trinajstić information content (AvgIpc) is 2.76. The van der Waals surface area contributed by atoms with Gasteiger partial charge in [0, 0.05) is 12.0 Å². The number of phenolic OH excluding ortho intramolecular Hbond substituents is 1. The van der Waals surface area contributed by atoms with Crippen LogP contribution in [0.15, 0.2) is 0 Å². The number of hydrogen-bond donors (Lipinski definition) is 1. The van der Waals surface area contributed by atoms with Crippen molar-refractivity contribution in [3.8, 4) is 11.5 Å². The quantitative estimate of drug-likeness (QED) is 0.310. The number of carbonyl (C=O) groups excluding carboxylic acids is 2. The van der Waals surface area contributed by atoms with Crippen molar-refractivity contribution >= 4 is 12.1 Å². The molecule has 3 unspecified atom stereocenters. The van der Waals surface area contributed by atoms with Gasteiger partial charge in [-0.25, -0.2) is 0 Å². The van der Waals surface area contributed by atoms with Gasteiger partial charge in [0.05, 0.1) is 5.56 Å². The van der Waals surface area contributed by atoms with Gasteiger partial charge >= 0.3 is 0 Å². The van der Waals surface area contributed by atoms with Crippen molar-refractivity contribution in [1.82, 2.24) is 0 Å². The number of Topliss-reactive ketones (excluding diaryl/α,β-unsaturated/α-hetero) is 1. The van der Waals surface area contributed by atoms with Crippen molar-refractivity contribution in [2.75, 3.05) is 0 Å². The number of aromatic hydroxyl groups is 1. The van der Waals surface area contributed by atoms with Crippen LogP contribution in [-0.2, 0) is 11.2 Å². The van der Waals surface area contributed by atoms with Gasteiger partial charge in [-0.15, -0.1) is 0 Å². The van der Waals surface area contributed by atoms with E-state index in [9.17, 15) is 14.7 Å². The van der Waals surface area contributed by atoms with E-state index < -0.39 is 5.60 Å². The number of benzene rings is 1. The summed E-state index contributed by atoms with van der Waals surface area (Å²) in [5.74, 6) is 2.88. The highest BCUT2D eigenvalue weighted by molar-refractivity contribution is 5.89. The second-order valence-corrected chi connectivity index (χ2v) is 11.2. The molecule has 4 heteroatoms. The van der Waals surface area contributed by atoms with E-state index in [1.807, 2.05) is 13.8 Å². The molecule has 1 heterocycles. The molecule has 0 radical (unpaired) electrons. The molecule has 1 aliphatic heterocycles. The molecule has 0 spiro atoms. The van der Waals surface area contributed by atoms with Gasteiger partial charge < -0.3 is 9.84 Å². The SMILES string of the molecule is Cc1c(C)c2c(c(C=O)c1O)CCC(C)(C(=O)CCC(C)CCCC(C)CCCC(C)C)O2. The van der Waals surface area contributed by atoms with Gasteiger partial charge in [0.25, 0.3) is 0 Å². The van der Waals surface area contributed by atoms with Crippen LogP contribution in [0.5, 0.6) is 11.5 Å². The first kappa shape index (κ1) is 27.4. The zero-order valence-electron chi connectivity index (χ0n) is 22.1. The molecule has 0 saturated carbocycles. The van der Waals surface area contributed by atoms with E-state index >= 15 is 0 Å². The Morgan fingerprint density at radius 1 is 1.00 bits per heavy atom. The van der Waals surface area contributed by atoms with E-state index in [0.717, 1.165) is 29.4 Å². The van der Waals surface area contributed by atoms with E-state index in [1.54, 1.807) is 6.92 Å². The van der Waals surface area contributed by atoms with Crippen LogP contribution in [0.1, 0.15) is 119 Å². The minimum Gasteiger partial charge on any atom is -0.507 e. The molecule has 0 amide bonds. The van der Waals surface area contributed by atoms with Gasteiger partial charge in [-0.05, 0) is 68.9 Å². The summed E-state index contributed by atoms with van der Waals surface area (Å²) in [6.45, 7) is 14.7. The Hall–Kier alpha value is -1.84. The molecule has 1 N–H and O–H groups in total. The summed E-state index contributed by atoms with van der Waals surface area (Å²) in [6.07, 6.45) is 10.9. The summed E-state index contributed by atoms with van der Waals surface area (Å²) < 4.78 is 6.27. The first-order valence-corrected chi connectivity index (χ1v) is 13.0. The minimum atomic E-state index is -0.869. The second kappa shape index (κ2) is 12.0. The van der Waals surface area contributed by atoms with Gasteiger partial charge in [0.15, 0.2) is 17.7 Å². The number of carbonyl (C=O) groups is 2. The first-order chi connectivity index (χ1) is 15.5. The summed E-state index contributed by atoms with van der Waals surface area (Å²) in [7, 11) is 0. The van der Waals surface area contributed by atoms with Gasteiger partial charge in [0.1, 0.15) is 11.5 Å². The molecule has 3 atom stereocenters. The molecule has 1 aromatic carbocycles. The van der Waals surface area contributed by atoms with Crippen molar-refractivity contribution < 1.29 is 19.4 Å². The van der Waals surface area contributed by atoms with E-state index in [1.165, 1.54) is 38.5 Å². The number of hydrogen-bond acceptors (Lipinski definition) is 4. The summed E-state index contributed by atoms with van der Waals surface area (Å²) >= 11 is 0. The van der Waals surface area contributed by atoms with Crippen LogP contribution in [0.4, 0.5) is 0 Å². The lowest BCUT2D eigenvalue weighted by Gasteiger charge is -2.36. The maximum absolute atomic E-state index is 13.2. The first-order valence-electron chi connectivity index (χ1n) is 13.0. The van der Waals surface area contributed by atoms with E-state index in [0.29, 0.717) is 48.3 Å². The second-order valence-electron chi connectivity index (χ2n) is 11.2. The predicted molar refractivity (Wildman–Crippen MR) is 135 cm³/mol. The smallest absolute Gasteiger partial charge is 0.176 e. The lowest BCUT2D eigenvalue weighted by Crippen LogP contribution is -2.45. The van der Waals surface area contributed by atoms with Crippen molar-refractivity contribution in [3.05, 3.63) is 22.3 Å². The lowest BCUT2D eigenvalue weighted by molar-refractivity contribution is -0.134. The Bertz CT molecular complexity index is 826. The highest BCUT2D eigenvalue weighted by Crippen LogP contribution is 2.43. The summed E-state index contributed by atoms with van der Waals surface area (Å²) in [5, 5.41) is 10.3. The summed E-state index contributed by atoms with van der Waals surface area (Å²) in [4.78, 5) is 24.7. The molecule has 1 aromatic rings. The molecule has 0 aromatic heterocycles. The number of fused-ring (bicyclic) bond motifs is 1. The zero-order valence-corrected chi connectivity index (χ0v) is 22.1. The molecule has 186 valence electrons. The molecule has 2 rings (SSSR count). The van der Waals surface area contributed by atoms with Crippen LogP contribution < -0.4 is 4.74 Å². The third kappa shape index (κ3) is 7.07. The molecule has 0 aliphatic carbocycles. The fourth-order valence-electron chi connectivity index (χ4n) is 5.01. The highest BCUT2D eigenvalue weighted by atomic mass is 16.5. The van der Waals surface area contributed by atoms with Crippen LogP contribution in [0.2, 0.25) is 0 Å². The largest absolute Gasteiger partial charge is 0.507 e. The molecule has 0 saturated heterocycles. The highest BCUT2D eigenvalue weighted by Gasteiger charge is 2.40. The standard InChI is InChI=1S/C29H46O4/c1-19(2)10-8-11-20(3)12-9-13-21(4)14-15-26(31)29(7)17-16-24-25(18-30)27(32)22(5)23(6)28(24)33-29/h18-21,32H,8-17H2,1-7H3. The average molecular weight is 459 g/mol. The Labute approximate surface area is 201 Å². The molecule has 0 bridgehead atoms. The number of aldehydes is 1. The third-order valence-corrected chi connectivity index (χ3v) is 7.74. The molecule has 4 nitrogen and oxygen atoms in total. The van der Waals surface area contributed by atoms with Gasteiger partial charge in [0.2, 0.25) is 0 Å². The summed E-state index contributed by atoms with van der Waals surface area (Å²) in [5.41, 5.74) is 1.61. The number of ketones is 1. The lowest BCUT2D eigenvalue weighted by atomic mass is 9.83. The van der Waals surface area contributed by atoms with Crippen LogP contribution in [0, 0.1) is 31.6 Å². The molecule has 1 aliphatic rings. The number of ether oxygens (including phenoxy) is 1. The Morgan fingerprint density at radius 3 is 2.15 bits per heavy atom. The van der Waals surface area contributed by atoms with Gasteiger partial charge in [-0.1, -0.05) is 66.2 Å². The Balaban J connectivity index is 1.86. The normalized spacial score (nSPS) is 19.6. The molecular formula is C29H46O4. The molecular weight excluding hydrogens is 412 g/mol. The van der Waals surface area contributed by atoms with Crippen LogP contribution in [0.25, 0.3) is 0 Å². The minimum absolute atomic E-state index is 0.0304. The topological polar surface area (TPSA) is 63.6 Å². The van der Waals surface area contributed by atoms with Crippen LogP contribution in [0.3, 0.4) is 0 Å². The van der Waals surface area contributed by atoms with Crippen LogP contribution in [-0.4, -0.2) is 22.8 Å². The summed E-state index contributed by atoms with van der Waals surface area (Å²) in [6, 6.07) is 0. The van der Waals surface area contributed by atoms with E-state index in [2.05, 4.69) is 27.7 Å². The van der Waals surface area contributed by atoms with Gasteiger partial charge in [-0.2, -0.15) is 0 Å². The maximum Gasteiger partial charge on any atom is 0.176 e. The van der Waals surface area contributed by atoms with Gasteiger partial charge in [-0.3, -0.25) is 9.59 Å². The number of phenols is 1. The molecule has 0 fully saturated rings. The predicted octanol–water partition coefficient (Wildman–Crippen LogP) is 7.52. The Kier molecular flexibility index (Phi) is 10.00. The zero-order chi connectivity index (χ0) is 24.8. The fraction of sp³-hybridized carbons (Fsp3) is 0.724. The monoisotopic (exact) mass is 458 g/mol. The van der Waals surface area contributed by atoms with Crippen molar-refractivity contribution in [1.29, 1.82) is 0 Å². The van der Waals surface area contributed by atoms with Crippen molar-refractivity contribution in [3.63, 3.8) is 0 Å². The van der Waals surface area contributed by atoms with Crippen molar-refractivity contribution in [2.45, 2.75) is 118 Å². The fourth-order valence-corrected chi connectivity index (χ4v) is 5.01. The Morgan fingerprint density at radius 2 is 1.58 bits per heavy atom. The molecule has 33 heavy (non-hydrogen) atoms.